The molecule has 0 bridgehead atoms. The molecule has 0 aromatic heterocycles. The minimum atomic E-state index is 0. The van der Waals surface area contributed by atoms with E-state index in [0.717, 1.165) is 24.0 Å². The average Bonchev–Trinajstić information content (AvgIpc) is 2.00. The van der Waals surface area contributed by atoms with E-state index in [1.165, 1.54) is 6.07 Å². The molecule has 1 radical (unpaired) electrons. The maximum atomic E-state index is 9.50. The molecule has 1 fully saturated rings. The van der Waals surface area contributed by atoms with Gasteiger partial charge in [-0.2, -0.15) is 0 Å². The topological polar surface area (TPSA) is 40.5 Å². The third-order valence-corrected chi connectivity index (χ3v) is 2.47. The summed E-state index contributed by atoms with van der Waals surface area (Å²) in [5.74, 6) is 0.593. The SMILES string of the molecule is [CH-]=C1CC(c2ccc(O)cc2O)C1.[Y]. The van der Waals surface area contributed by atoms with E-state index in [0.29, 0.717) is 5.92 Å². The maximum absolute atomic E-state index is 9.50. The van der Waals surface area contributed by atoms with Crippen LogP contribution in [0.15, 0.2) is 23.8 Å². The first-order valence-electron chi connectivity index (χ1n) is 4.29. The van der Waals surface area contributed by atoms with Crippen LogP contribution in [0.4, 0.5) is 0 Å². The Labute approximate surface area is 109 Å². The van der Waals surface area contributed by atoms with Crippen LogP contribution in [0.1, 0.15) is 24.3 Å². The van der Waals surface area contributed by atoms with E-state index >= 15 is 0 Å². The summed E-state index contributed by atoms with van der Waals surface area (Å²) >= 11 is 0. The van der Waals surface area contributed by atoms with Gasteiger partial charge in [0.2, 0.25) is 0 Å². The second-order valence-electron chi connectivity index (χ2n) is 3.51. The minimum Gasteiger partial charge on any atom is -0.514 e. The Morgan fingerprint density at radius 3 is 2.36 bits per heavy atom. The van der Waals surface area contributed by atoms with Crippen LogP contribution in [0.25, 0.3) is 0 Å². The quantitative estimate of drug-likeness (QED) is 0.764. The van der Waals surface area contributed by atoms with Gasteiger partial charge in [-0.25, -0.2) is 0 Å². The van der Waals surface area contributed by atoms with Crippen LogP contribution < -0.4 is 0 Å². The normalized spacial score (nSPS) is 19.7. The first-order chi connectivity index (χ1) is 6.16. The Morgan fingerprint density at radius 1 is 1.21 bits per heavy atom. The molecule has 1 aliphatic carbocycles. The molecule has 71 valence electrons. The number of hydrogen-bond acceptors (Lipinski definition) is 2. The van der Waals surface area contributed by atoms with Gasteiger partial charge < -0.3 is 16.8 Å². The summed E-state index contributed by atoms with van der Waals surface area (Å²) in [4.78, 5) is 0. The third-order valence-electron chi connectivity index (χ3n) is 2.47. The second kappa shape index (κ2) is 4.46. The van der Waals surface area contributed by atoms with Crippen LogP contribution in [0, 0.1) is 6.58 Å². The zero-order chi connectivity index (χ0) is 9.42. The van der Waals surface area contributed by atoms with Gasteiger partial charge in [0, 0.05) is 38.8 Å². The first-order valence-corrected chi connectivity index (χ1v) is 4.29. The number of benzene rings is 1. The van der Waals surface area contributed by atoms with E-state index in [9.17, 15) is 5.11 Å². The van der Waals surface area contributed by atoms with Crippen LogP contribution in [0.3, 0.4) is 0 Å². The largest absolute Gasteiger partial charge is 0.514 e. The number of hydrogen-bond donors (Lipinski definition) is 2. The van der Waals surface area contributed by atoms with Gasteiger partial charge in [0.15, 0.2) is 0 Å². The summed E-state index contributed by atoms with van der Waals surface area (Å²) < 4.78 is 0. The van der Waals surface area contributed by atoms with E-state index in [2.05, 4.69) is 0 Å². The Kier molecular flexibility index (Phi) is 3.74. The van der Waals surface area contributed by atoms with Gasteiger partial charge in [-0.3, -0.25) is 5.57 Å². The standard InChI is InChI=1S/C11H11O2.Y/c1-7-4-8(5-7)10-3-2-9(12)6-11(10)13;/h1-3,6,8,12-13H,4-5H2;/q-1;. The number of phenols is 2. The van der Waals surface area contributed by atoms with Gasteiger partial charge >= 0.3 is 0 Å². The zero-order valence-corrected chi connectivity index (χ0v) is 10.6. The molecule has 2 rings (SSSR count). The summed E-state index contributed by atoms with van der Waals surface area (Å²) in [6.07, 6.45) is 1.69. The monoisotopic (exact) mass is 264 g/mol. The van der Waals surface area contributed by atoms with Crippen molar-refractivity contribution >= 4 is 0 Å². The second-order valence-corrected chi connectivity index (χ2v) is 3.51. The summed E-state index contributed by atoms with van der Waals surface area (Å²) in [5.41, 5.74) is 1.87. The van der Waals surface area contributed by atoms with Gasteiger partial charge in [-0.05, 0) is 17.5 Å². The summed E-state index contributed by atoms with van der Waals surface area (Å²) in [6, 6.07) is 4.70. The molecule has 0 unspecified atom stereocenters. The van der Waals surface area contributed by atoms with Gasteiger partial charge in [0.25, 0.3) is 0 Å². The van der Waals surface area contributed by atoms with Crippen LogP contribution in [-0.4, -0.2) is 10.2 Å². The van der Waals surface area contributed by atoms with Crippen LogP contribution >= 0.6 is 0 Å². The molecule has 2 nitrogen and oxygen atoms in total. The smallest absolute Gasteiger partial charge is 0.122 e. The zero-order valence-electron chi connectivity index (χ0n) is 7.77. The number of aromatic hydroxyl groups is 2. The van der Waals surface area contributed by atoms with Crippen molar-refractivity contribution in [1.82, 2.24) is 0 Å². The third kappa shape index (κ3) is 2.18. The average molecular weight is 264 g/mol. The van der Waals surface area contributed by atoms with Crippen molar-refractivity contribution in [2.45, 2.75) is 18.8 Å². The Bertz CT molecular complexity index is 352. The van der Waals surface area contributed by atoms with Crippen LogP contribution in [0.5, 0.6) is 11.5 Å². The van der Waals surface area contributed by atoms with Gasteiger partial charge in [-0.1, -0.05) is 18.9 Å². The van der Waals surface area contributed by atoms with Crippen molar-refractivity contribution in [3.05, 3.63) is 35.9 Å². The first kappa shape index (κ1) is 11.7. The van der Waals surface area contributed by atoms with Crippen molar-refractivity contribution < 1.29 is 42.9 Å². The van der Waals surface area contributed by atoms with Crippen molar-refractivity contribution in [2.24, 2.45) is 0 Å². The predicted molar refractivity (Wildman–Crippen MR) is 49.6 cm³/mol. The molecule has 14 heavy (non-hydrogen) atoms. The molecule has 0 atom stereocenters. The van der Waals surface area contributed by atoms with E-state index < -0.39 is 0 Å². The Balaban J connectivity index is 0.000000980. The molecule has 0 aliphatic heterocycles. The number of rotatable bonds is 1. The minimum absolute atomic E-state index is 0. The number of phenolic OH excluding ortho intramolecular Hbond substituents is 2. The molecule has 0 amide bonds. The summed E-state index contributed by atoms with van der Waals surface area (Å²) in [7, 11) is 0. The molecule has 1 aliphatic rings. The Hall–Kier alpha value is -0.336. The van der Waals surface area contributed by atoms with Crippen molar-refractivity contribution in [2.75, 3.05) is 0 Å². The summed E-state index contributed by atoms with van der Waals surface area (Å²) in [6.45, 7) is 5.57. The van der Waals surface area contributed by atoms with Crippen molar-refractivity contribution in [3.8, 4) is 11.5 Å². The van der Waals surface area contributed by atoms with Crippen molar-refractivity contribution in [3.63, 3.8) is 0 Å². The molecule has 0 saturated heterocycles. The van der Waals surface area contributed by atoms with Gasteiger partial charge in [-0.15, -0.1) is 0 Å². The fourth-order valence-electron chi connectivity index (χ4n) is 1.67. The predicted octanol–water partition coefficient (Wildman–Crippen LogP) is 2.33. The molecule has 1 aromatic rings. The van der Waals surface area contributed by atoms with Gasteiger partial charge in [0.1, 0.15) is 11.5 Å². The van der Waals surface area contributed by atoms with E-state index in [1.807, 2.05) is 0 Å². The molecule has 2 N–H and O–H groups in total. The van der Waals surface area contributed by atoms with Gasteiger partial charge in [0.05, 0.1) is 0 Å². The maximum Gasteiger partial charge on any atom is 0.122 e. The molecule has 0 heterocycles. The van der Waals surface area contributed by atoms with Crippen LogP contribution in [-0.2, 0) is 32.7 Å². The Morgan fingerprint density at radius 2 is 1.86 bits per heavy atom. The molecule has 3 heteroatoms. The van der Waals surface area contributed by atoms with Crippen molar-refractivity contribution in [1.29, 1.82) is 0 Å². The summed E-state index contributed by atoms with van der Waals surface area (Å²) in [5, 5.41) is 18.6. The fourth-order valence-corrected chi connectivity index (χ4v) is 1.67. The molecule has 1 aromatic carbocycles. The fraction of sp³-hybridized carbons (Fsp3) is 0.273. The van der Waals surface area contributed by atoms with E-state index in [1.54, 1.807) is 12.1 Å². The number of allylic oxidation sites excluding steroid dienone is 1. The van der Waals surface area contributed by atoms with Crippen LogP contribution in [0.2, 0.25) is 0 Å². The van der Waals surface area contributed by atoms with E-state index in [-0.39, 0.29) is 44.2 Å². The van der Waals surface area contributed by atoms with E-state index in [4.69, 9.17) is 11.7 Å². The molecule has 1 saturated carbocycles. The molecular weight excluding hydrogens is 253 g/mol. The molecular formula is C11H11O2Y-. The molecule has 0 spiro atoms.